The fraction of sp³-hybridized carbons (Fsp3) is 0.379. The fourth-order valence-electron chi connectivity index (χ4n) is 5.22. The standard InChI is InChI=1S/C29H34N2O5S/c1-22(24-11-6-3-7-12-24)31-18-27(21-35-20-23-9-4-2-5-10-23)36-28-17-25(14-15-29(28)37(31,33)34)30-16-8-13-26(30)19-32/h2-7,9-12,14-15,17,22,26-27,32H,8,13,16,18-21H2,1H3/t22-,26+,27-/m1/s1. The molecule has 196 valence electrons. The van der Waals surface area contributed by atoms with Gasteiger partial charge in [0, 0.05) is 24.3 Å². The van der Waals surface area contributed by atoms with Crippen LogP contribution in [0.15, 0.2) is 83.8 Å². The number of hydrogen-bond donors (Lipinski definition) is 1. The van der Waals surface area contributed by atoms with Crippen molar-refractivity contribution in [3.8, 4) is 5.75 Å². The third-order valence-electron chi connectivity index (χ3n) is 7.24. The summed E-state index contributed by atoms with van der Waals surface area (Å²) < 4.78 is 41.9. The number of aliphatic hydroxyl groups is 1. The number of rotatable bonds is 8. The van der Waals surface area contributed by atoms with Crippen molar-refractivity contribution in [3.05, 3.63) is 90.0 Å². The van der Waals surface area contributed by atoms with E-state index < -0.39 is 16.1 Å². The van der Waals surface area contributed by atoms with Crippen LogP contribution in [-0.4, -0.2) is 56.3 Å². The molecule has 37 heavy (non-hydrogen) atoms. The van der Waals surface area contributed by atoms with Crippen molar-refractivity contribution in [1.82, 2.24) is 4.31 Å². The van der Waals surface area contributed by atoms with Crippen LogP contribution in [0, 0.1) is 0 Å². The van der Waals surface area contributed by atoms with E-state index in [1.807, 2.05) is 79.7 Å². The second-order valence-electron chi connectivity index (χ2n) is 9.71. The van der Waals surface area contributed by atoms with E-state index in [1.54, 1.807) is 6.07 Å². The van der Waals surface area contributed by atoms with E-state index in [9.17, 15) is 13.5 Å². The molecule has 0 spiro atoms. The average molecular weight is 523 g/mol. The summed E-state index contributed by atoms with van der Waals surface area (Å²) >= 11 is 0. The zero-order valence-electron chi connectivity index (χ0n) is 21.1. The minimum atomic E-state index is -3.85. The largest absolute Gasteiger partial charge is 0.485 e. The molecule has 0 amide bonds. The quantitative estimate of drug-likeness (QED) is 0.473. The van der Waals surface area contributed by atoms with Crippen LogP contribution in [0.5, 0.6) is 5.75 Å². The second kappa shape index (κ2) is 11.2. The summed E-state index contributed by atoms with van der Waals surface area (Å²) in [4.78, 5) is 2.29. The van der Waals surface area contributed by atoms with Gasteiger partial charge in [-0.25, -0.2) is 8.42 Å². The van der Waals surface area contributed by atoms with E-state index in [4.69, 9.17) is 9.47 Å². The first-order chi connectivity index (χ1) is 18.0. The number of hydrogen-bond acceptors (Lipinski definition) is 6. The van der Waals surface area contributed by atoms with Crippen molar-refractivity contribution in [2.75, 3.05) is 31.2 Å². The number of aliphatic hydroxyl groups excluding tert-OH is 1. The molecule has 1 N–H and O–H groups in total. The van der Waals surface area contributed by atoms with Gasteiger partial charge in [-0.05, 0) is 43.0 Å². The number of nitrogens with zero attached hydrogens (tertiary/aromatic N) is 2. The number of fused-ring (bicyclic) bond motifs is 1. The van der Waals surface area contributed by atoms with Gasteiger partial charge in [0.25, 0.3) is 0 Å². The molecule has 5 rings (SSSR count). The van der Waals surface area contributed by atoms with Crippen LogP contribution < -0.4 is 9.64 Å². The summed E-state index contributed by atoms with van der Waals surface area (Å²) in [6, 6.07) is 24.5. The monoisotopic (exact) mass is 522 g/mol. The summed E-state index contributed by atoms with van der Waals surface area (Å²) in [5.41, 5.74) is 2.82. The fourth-order valence-corrected chi connectivity index (χ4v) is 6.98. The smallest absolute Gasteiger partial charge is 0.247 e. The highest BCUT2D eigenvalue weighted by atomic mass is 32.2. The summed E-state index contributed by atoms with van der Waals surface area (Å²) in [6.45, 7) is 3.62. The average Bonchev–Trinajstić information content (AvgIpc) is 3.37. The van der Waals surface area contributed by atoms with Crippen LogP contribution >= 0.6 is 0 Å². The van der Waals surface area contributed by atoms with Gasteiger partial charge in [-0.2, -0.15) is 4.31 Å². The van der Waals surface area contributed by atoms with Crippen LogP contribution in [0.3, 0.4) is 0 Å². The highest BCUT2D eigenvalue weighted by Gasteiger charge is 2.39. The Bertz CT molecular complexity index is 1290. The van der Waals surface area contributed by atoms with Crippen molar-refractivity contribution in [1.29, 1.82) is 0 Å². The van der Waals surface area contributed by atoms with Gasteiger partial charge in [0.05, 0.1) is 32.4 Å². The third-order valence-corrected chi connectivity index (χ3v) is 9.22. The molecule has 0 unspecified atom stereocenters. The maximum absolute atomic E-state index is 14.0. The first-order valence-corrected chi connectivity index (χ1v) is 14.3. The molecule has 7 nitrogen and oxygen atoms in total. The van der Waals surface area contributed by atoms with Gasteiger partial charge in [0.1, 0.15) is 16.7 Å². The Morgan fingerprint density at radius 2 is 1.78 bits per heavy atom. The first-order valence-electron chi connectivity index (χ1n) is 12.8. The van der Waals surface area contributed by atoms with E-state index in [0.29, 0.717) is 12.4 Å². The van der Waals surface area contributed by atoms with Crippen LogP contribution in [0.25, 0.3) is 0 Å². The van der Waals surface area contributed by atoms with Gasteiger partial charge in [-0.1, -0.05) is 60.7 Å². The summed E-state index contributed by atoms with van der Waals surface area (Å²) in [7, 11) is -3.85. The molecular formula is C29H34N2O5S. The molecule has 0 radical (unpaired) electrons. The molecule has 3 aromatic rings. The molecule has 8 heteroatoms. The van der Waals surface area contributed by atoms with E-state index in [0.717, 1.165) is 36.2 Å². The predicted molar refractivity (Wildman–Crippen MR) is 143 cm³/mol. The van der Waals surface area contributed by atoms with Crippen molar-refractivity contribution in [3.63, 3.8) is 0 Å². The van der Waals surface area contributed by atoms with Crippen molar-refractivity contribution < 1.29 is 23.0 Å². The van der Waals surface area contributed by atoms with Gasteiger partial charge < -0.3 is 19.5 Å². The molecule has 2 aliphatic rings. The molecule has 1 saturated heterocycles. The lowest BCUT2D eigenvalue weighted by molar-refractivity contribution is 0.0313. The van der Waals surface area contributed by atoms with Gasteiger partial charge in [-0.15, -0.1) is 0 Å². The summed E-state index contributed by atoms with van der Waals surface area (Å²) in [5.74, 6) is 0.331. The second-order valence-corrected chi connectivity index (χ2v) is 11.6. The highest BCUT2D eigenvalue weighted by molar-refractivity contribution is 7.89. The van der Waals surface area contributed by atoms with Gasteiger partial charge in [0.15, 0.2) is 0 Å². The zero-order chi connectivity index (χ0) is 25.8. The molecule has 3 aromatic carbocycles. The minimum absolute atomic E-state index is 0.0278. The molecule has 2 aliphatic heterocycles. The molecule has 0 aliphatic carbocycles. The lowest BCUT2D eigenvalue weighted by atomic mass is 10.1. The highest BCUT2D eigenvalue weighted by Crippen LogP contribution is 2.39. The van der Waals surface area contributed by atoms with Gasteiger partial charge in [0.2, 0.25) is 10.0 Å². The van der Waals surface area contributed by atoms with Gasteiger partial charge >= 0.3 is 0 Å². The van der Waals surface area contributed by atoms with E-state index in [1.165, 1.54) is 4.31 Å². The van der Waals surface area contributed by atoms with Crippen LogP contribution in [0.2, 0.25) is 0 Å². The molecule has 0 aromatic heterocycles. The molecule has 2 heterocycles. The third kappa shape index (κ3) is 5.52. The Balaban J connectivity index is 1.47. The SMILES string of the molecule is C[C@H](c1ccccc1)N1C[C@H](COCc2ccccc2)Oc2cc(N3CCC[C@H]3CO)ccc2S1(=O)=O. The Kier molecular flexibility index (Phi) is 7.81. The molecule has 0 bridgehead atoms. The molecule has 3 atom stereocenters. The number of ether oxygens (including phenoxy) is 2. The van der Waals surface area contributed by atoms with E-state index in [2.05, 4.69) is 4.90 Å². The first kappa shape index (κ1) is 25.7. The van der Waals surface area contributed by atoms with Crippen molar-refractivity contribution in [2.24, 2.45) is 0 Å². The minimum Gasteiger partial charge on any atom is -0.485 e. The van der Waals surface area contributed by atoms with Crippen LogP contribution in [0.4, 0.5) is 5.69 Å². The maximum Gasteiger partial charge on any atom is 0.247 e. The number of sulfonamides is 1. The van der Waals surface area contributed by atoms with Crippen LogP contribution in [-0.2, 0) is 21.4 Å². The van der Waals surface area contributed by atoms with Crippen molar-refractivity contribution in [2.45, 2.75) is 49.5 Å². The Morgan fingerprint density at radius 3 is 2.51 bits per heavy atom. The maximum atomic E-state index is 14.0. The van der Waals surface area contributed by atoms with E-state index >= 15 is 0 Å². The molecule has 0 saturated carbocycles. The molecular weight excluding hydrogens is 488 g/mol. The lowest BCUT2D eigenvalue weighted by Crippen LogP contribution is -2.40. The van der Waals surface area contributed by atoms with Crippen molar-refractivity contribution >= 4 is 15.7 Å². The van der Waals surface area contributed by atoms with E-state index in [-0.39, 0.29) is 36.7 Å². The number of anilines is 1. The van der Waals surface area contributed by atoms with Gasteiger partial charge in [-0.3, -0.25) is 0 Å². The normalized spacial score (nSPS) is 22.2. The lowest BCUT2D eigenvalue weighted by Gasteiger charge is -2.29. The summed E-state index contributed by atoms with van der Waals surface area (Å²) in [5, 5.41) is 9.81. The topological polar surface area (TPSA) is 79.3 Å². The number of benzene rings is 3. The Hall–Kier alpha value is -2.91. The Morgan fingerprint density at radius 1 is 1.05 bits per heavy atom. The zero-order valence-corrected chi connectivity index (χ0v) is 21.9. The molecule has 1 fully saturated rings. The predicted octanol–water partition coefficient (Wildman–Crippen LogP) is 4.38. The van der Waals surface area contributed by atoms with Crippen LogP contribution in [0.1, 0.15) is 36.9 Å². The Labute approximate surface area is 219 Å². The summed E-state index contributed by atoms with van der Waals surface area (Å²) in [6.07, 6.45) is 1.40.